The number of primary amides is 1. The minimum atomic E-state index is -4.35. The topological polar surface area (TPSA) is 81.1 Å². The Morgan fingerprint density at radius 1 is 1.04 bits per heavy atom. The molecular formula is C18H22Cl2F3N3O. The van der Waals surface area contributed by atoms with Crippen molar-refractivity contribution in [3.8, 4) is 0 Å². The van der Waals surface area contributed by atoms with E-state index in [0.29, 0.717) is 12.0 Å². The van der Waals surface area contributed by atoms with E-state index in [0.717, 1.165) is 23.4 Å². The van der Waals surface area contributed by atoms with Gasteiger partial charge in [0.05, 0.1) is 11.1 Å². The molecule has 0 aliphatic heterocycles. The van der Waals surface area contributed by atoms with E-state index in [9.17, 15) is 18.0 Å². The molecule has 9 heteroatoms. The van der Waals surface area contributed by atoms with Gasteiger partial charge in [0, 0.05) is 12.2 Å². The first kappa shape index (κ1) is 25.0. The Morgan fingerprint density at radius 2 is 1.63 bits per heavy atom. The molecule has 4 nitrogen and oxygen atoms in total. The summed E-state index contributed by atoms with van der Waals surface area (Å²) < 4.78 is 38.1. The van der Waals surface area contributed by atoms with Crippen molar-refractivity contribution in [2.45, 2.75) is 31.6 Å². The summed E-state index contributed by atoms with van der Waals surface area (Å²) in [4.78, 5) is 11.3. The van der Waals surface area contributed by atoms with Crippen LogP contribution in [0.3, 0.4) is 0 Å². The molecule has 0 aliphatic carbocycles. The SMILES string of the molecule is CC(N)(Cc1ccc(NCc2cccc(C(F)(F)F)c2)cc1)C(N)=O.Cl.Cl. The Bertz CT molecular complexity index is 750. The maximum atomic E-state index is 12.7. The average molecular weight is 424 g/mol. The standard InChI is InChI=1S/C18H20F3N3O.2ClH/c1-17(23,16(22)25)10-12-5-7-15(8-6-12)24-11-13-3-2-4-14(9-13)18(19,20)21;;/h2-9,24H,10-11,23H2,1H3,(H2,22,25);2*1H. The Morgan fingerprint density at radius 3 is 2.15 bits per heavy atom. The van der Waals surface area contributed by atoms with Crippen LogP contribution in [0.4, 0.5) is 18.9 Å². The first-order chi connectivity index (χ1) is 11.6. The summed E-state index contributed by atoms with van der Waals surface area (Å²) in [7, 11) is 0. The third-order valence-electron chi connectivity index (χ3n) is 3.84. The monoisotopic (exact) mass is 423 g/mol. The average Bonchev–Trinajstić information content (AvgIpc) is 2.53. The first-order valence-corrected chi connectivity index (χ1v) is 7.66. The lowest BCUT2D eigenvalue weighted by Gasteiger charge is -2.20. The number of carbonyl (C=O) groups is 1. The lowest BCUT2D eigenvalue weighted by Crippen LogP contribution is -2.51. The highest BCUT2D eigenvalue weighted by Crippen LogP contribution is 2.29. The van der Waals surface area contributed by atoms with Gasteiger partial charge in [-0.05, 0) is 48.7 Å². The van der Waals surface area contributed by atoms with Gasteiger partial charge in [0.1, 0.15) is 0 Å². The molecule has 0 spiro atoms. The number of nitrogens with one attached hydrogen (secondary N) is 1. The number of amides is 1. The van der Waals surface area contributed by atoms with Gasteiger partial charge in [0.15, 0.2) is 0 Å². The predicted octanol–water partition coefficient (Wildman–Crippen LogP) is 3.91. The fourth-order valence-electron chi connectivity index (χ4n) is 2.31. The number of carbonyl (C=O) groups excluding carboxylic acids is 1. The van der Waals surface area contributed by atoms with E-state index >= 15 is 0 Å². The van der Waals surface area contributed by atoms with Crippen molar-refractivity contribution in [3.05, 3.63) is 65.2 Å². The quantitative estimate of drug-likeness (QED) is 0.658. The smallest absolute Gasteiger partial charge is 0.381 e. The second-order valence-corrected chi connectivity index (χ2v) is 6.21. The van der Waals surface area contributed by atoms with Crippen LogP contribution < -0.4 is 16.8 Å². The molecule has 1 atom stereocenters. The highest BCUT2D eigenvalue weighted by atomic mass is 35.5. The second-order valence-electron chi connectivity index (χ2n) is 6.21. The highest BCUT2D eigenvalue weighted by Gasteiger charge is 2.30. The van der Waals surface area contributed by atoms with Crippen molar-refractivity contribution in [2.24, 2.45) is 11.5 Å². The van der Waals surface area contributed by atoms with Crippen LogP contribution in [0.2, 0.25) is 0 Å². The molecule has 0 fully saturated rings. The lowest BCUT2D eigenvalue weighted by molar-refractivity contribution is -0.137. The van der Waals surface area contributed by atoms with Crippen LogP contribution in [0.25, 0.3) is 0 Å². The van der Waals surface area contributed by atoms with Crippen LogP contribution in [0.15, 0.2) is 48.5 Å². The highest BCUT2D eigenvalue weighted by molar-refractivity contribution is 5.85. The van der Waals surface area contributed by atoms with Crippen molar-refractivity contribution >= 4 is 36.4 Å². The van der Waals surface area contributed by atoms with Gasteiger partial charge in [0.25, 0.3) is 0 Å². The molecule has 0 bridgehead atoms. The molecule has 1 unspecified atom stereocenters. The van der Waals surface area contributed by atoms with E-state index in [4.69, 9.17) is 11.5 Å². The Hall–Kier alpha value is -1.96. The van der Waals surface area contributed by atoms with E-state index in [1.807, 2.05) is 0 Å². The van der Waals surface area contributed by atoms with Crippen molar-refractivity contribution in [1.29, 1.82) is 0 Å². The fraction of sp³-hybridized carbons (Fsp3) is 0.278. The van der Waals surface area contributed by atoms with Gasteiger partial charge >= 0.3 is 6.18 Å². The van der Waals surface area contributed by atoms with Gasteiger partial charge in [-0.3, -0.25) is 4.79 Å². The van der Waals surface area contributed by atoms with Crippen LogP contribution in [-0.2, 0) is 23.9 Å². The normalized spacial score (nSPS) is 12.9. The minimum Gasteiger partial charge on any atom is -0.381 e. The molecule has 0 aromatic heterocycles. The Kier molecular flexibility index (Phi) is 9.11. The third kappa shape index (κ3) is 7.28. The number of anilines is 1. The Labute approximate surface area is 168 Å². The first-order valence-electron chi connectivity index (χ1n) is 7.66. The van der Waals surface area contributed by atoms with Gasteiger partial charge in [-0.15, -0.1) is 24.8 Å². The molecule has 1 amide bonds. The van der Waals surface area contributed by atoms with Gasteiger partial charge in [-0.2, -0.15) is 13.2 Å². The van der Waals surface area contributed by atoms with Crippen molar-refractivity contribution in [1.82, 2.24) is 0 Å². The lowest BCUT2D eigenvalue weighted by atomic mass is 9.93. The molecule has 0 saturated heterocycles. The van der Waals surface area contributed by atoms with Crippen LogP contribution in [0.5, 0.6) is 0 Å². The number of nitrogens with two attached hydrogens (primary N) is 2. The fourth-order valence-corrected chi connectivity index (χ4v) is 2.31. The summed E-state index contributed by atoms with van der Waals surface area (Å²) in [5, 5.41) is 3.06. The second kappa shape index (κ2) is 9.82. The van der Waals surface area contributed by atoms with Gasteiger partial charge in [-0.25, -0.2) is 0 Å². The summed E-state index contributed by atoms with van der Waals surface area (Å²) in [6.07, 6.45) is -4.05. The van der Waals surface area contributed by atoms with E-state index in [-0.39, 0.29) is 31.4 Å². The summed E-state index contributed by atoms with van der Waals surface area (Å²) >= 11 is 0. The summed E-state index contributed by atoms with van der Waals surface area (Å²) in [6, 6.07) is 12.3. The third-order valence-corrected chi connectivity index (χ3v) is 3.84. The molecule has 150 valence electrons. The molecule has 0 saturated carbocycles. The molecule has 2 aromatic carbocycles. The van der Waals surface area contributed by atoms with Crippen LogP contribution in [-0.4, -0.2) is 11.4 Å². The van der Waals surface area contributed by atoms with Gasteiger partial charge in [0.2, 0.25) is 5.91 Å². The van der Waals surface area contributed by atoms with Crippen LogP contribution in [0, 0.1) is 0 Å². The van der Waals surface area contributed by atoms with Crippen molar-refractivity contribution < 1.29 is 18.0 Å². The molecular weight excluding hydrogens is 402 g/mol. The van der Waals surface area contributed by atoms with Crippen LogP contribution >= 0.6 is 24.8 Å². The molecule has 0 aliphatic rings. The molecule has 27 heavy (non-hydrogen) atoms. The molecule has 2 rings (SSSR count). The number of halogens is 5. The molecule has 0 radical (unpaired) electrons. The maximum absolute atomic E-state index is 12.7. The number of hydrogen-bond acceptors (Lipinski definition) is 3. The molecule has 5 N–H and O–H groups in total. The van der Waals surface area contributed by atoms with Crippen molar-refractivity contribution in [3.63, 3.8) is 0 Å². The van der Waals surface area contributed by atoms with Gasteiger partial charge in [-0.1, -0.05) is 24.3 Å². The van der Waals surface area contributed by atoms with Crippen LogP contribution in [0.1, 0.15) is 23.6 Å². The Balaban J connectivity index is 0.00000338. The molecule has 2 aromatic rings. The largest absolute Gasteiger partial charge is 0.416 e. The molecule has 0 heterocycles. The number of hydrogen-bond donors (Lipinski definition) is 3. The van der Waals surface area contributed by atoms with Gasteiger partial charge < -0.3 is 16.8 Å². The van der Waals surface area contributed by atoms with Crippen molar-refractivity contribution in [2.75, 3.05) is 5.32 Å². The number of rotatable bonds is 6. The zero-order valence-electron chi connectivity index (χ0n) is 14.5. The number of alkyl halides is 3. The van der Waals surface area contributed by atoms with E-state index in [1.165, 1.54) is 6.07 Å². The minimum absolute atomic E-state index is 0. The van der Waals surface area contributed by atoms with E-state index < -0.39 is 23.2 Å². The summed E-state index contributed by atoms with van der Waals surface area (Å²) in [5.74, 6) is -0.584. The maximum Gasteiger partial charge on any atom is 0.416 e. The zero-order valence-corrected chi connectivity index (χ0v) is 16.2. The number of benzene rings is 2. The van der Waals surface area contributed by atoms with E-state index in [2.05, 4.69) is 5.32 Å². The summed E-state index contributed by atoms with van der Waals surface area (Å²) in [5.41, 5.74) is 11.4. The summed E-state index contributed by atoms with van der Waals surface area (Å²) in [6.45, 7) is 1.83. The zero-order chi connectivity index (χ0) is 18.7. The van der Waals surface area contributed by atoms with E-state index in [1.54, 1.807) is 37.3 Å². The predicted molar refractivity (Wildman–Crippen MR) is 105 cm³/mol.